The molecule has 4 heterocycles. The van der Waals surface area contributed by atoms with Crippen LogP contribution in [0.15, 0.2) is 76.8 Å². The first-order valence-electron chi connectivity index (χ1n) is 15.0. The van der Waals surface area contributed by atoms with Crippen molar-refractivity contribution in [2.75, 3.05) is 11.5 Å². The van der Waals surface area contributed by atoms with Crippen LogP contribution in [0.2, 0.25) is 0 Å². The summed E-state index contributed by atoms with van der Waals surface area (Å²) in [6.07, 6.45) is 4.83. The number of carbonyl (C=O) groups is 2. The van der Waals surface area contributed by atoms with Crippen LogP contribution < -0.4 is 9.64 Å². The van der Waals surface area contributed by atoms with Crippen LogP contribution in [0.3, 0.4) is 0 Å². The van der Waals surface area contributed by atoms with Crippen molar-refractivity contribution < 1.29 is 23.8 Å². The molecule has 1 N–H and O–H groups in total. The zero-order valence-electron chi connectivity index (χ0n) is 25.6. The number of ketones is 1. The summed E-state index contributed by atoms with van der Waals surface area (Å²) >= 11 is 2.55. The van der Waals surface area contributed by atoms with Gasteiger partial charge in [-0.15, -0.1) is 10.2 Å². The Hall–Kier alpha value is -4.55. The number of aromatic nitrogens is 4. The third-order valence-electron chi connectivity index (χ3n) is 7.82. The first-order valence-corrected chi connectivity index (χ1v) is 16.8. The molecule has 1 unspecified atom stereocenters. The highest BCUT2D eigenvalue weighted by Crippen LogP contribution is 2.45. The van der Waals surface area contributed by atoms with Crippen molar-refractivity contribution in [3.05, 3.63) is 106 Å². The number of aliphatic hydroxyl groups excluding tert-OH is 1. The fourth-order valence-corrected chi connectivity index (χ4v) is 7.24. The maximum absolute atomic E-state index is 13.8. The third kappa shape index (κ3) is 6.14. The fourth-order valence-electron chi connectivity index (χ4n) is 5.42. The molecule has 12 heteroatoms. The highest BCUT2D eigenvalue weighted by molar-refractivity contribution is 8.00. The van der Waals surface area contributed by atoms with Gasteiger partial charge in [-0.1, -0.05) is 73.2 Å². The van der Waals surface area contributed by atoms with Crippen LogP contribution in [-0.4, -0.2) is 43.0 Å². The van der Waals surface area contributed by atoms with Crippen LogP contribution >= 0.6 is 23.1 Å². The highest BCUT2D eigenvalue weighted by Gasteiger charge is 2.49. The number of hydrogen-bond donors (Lipinski definition) is 1. The van der Waals surface area contributed by atoms with Crippen molar-refractivity contribution >= 4 is 51.3 Å². The molecule has 5 aromatic rings. The number of rotatable bonds is 11. The number of nitrogens with zero attached hydrogens (tertiary/aromatic N) is 5. The summed E-state index contributed by atoms with van der Waals surface area (Å²) in [5.41, 5.74) is 3.77. The zero-order chi connectivity index (χ0) is 32.4. The van der Waals surface area contributed by atoms with Gasteiger partial charge in [-0.25, -0.2) is 9.37 Å². The molecule has 0 radical (unpaired) electrons. The SMILES string of the molecule is CCCCCOc1cccc(C2C(=C(O)c3nc4c(C)cccn4c3C)C(=O)C(=O)N2c2nnc(SCc3ccc(F)cc3)s2)c1. The number of aryl methyl sites for hydroxylation is 2. The number of anilines is 1. The normalized spacial score (nSPS) is 16.1. The molecule has 1 atom stereocenters. The van der Waals surface area contributed by atoms with E-state index < -0.39 is 17.7 Å². The predicted octanol–water partition coefficient (Wildman–Crippen LogP) is 7.43. The van der Waals surface area contributed by atoms with E-state index in [2.05, 4.69) is 22.1 Å². The van der Waals surface area contributed by atoms with Gasteiger partial charge < -0.3 is 14.2 Å². The summed E-state index contributed by atoms with van der Waals surface area (Å²) in [7, 11) is 0. The second kappa shape index (κ2) is 13.4. The van der Waals surface area contributed by atoms with E-state index >= 15 is 0 Å². The average Bonchev–Trinajstić information content (AvgIpc) is 3.74. The van der Waals surface area contributed by atoms with Gasteiger partial charge in [0, 0.05) is 11.9 Å². The lowest BCUT2D eigenvalue weighted by molar-refractivity contribution is -0.132. The Morgan fingerprint density at radius 3 is 2.63 bits per heavy atom. The van der Waals surface area contributed by atoms with Crippen LogP contribution in [0.4, 0.5) is 9.52 Å². The van der Waals surface area contributed by atoms with Crippen molar-refractivity contribution in [3.8, 4) is 5.75 Å². The van der Waals surface area contributed by atoms with Gasteiger partial charge >= 0.3 is 5.91 Å². The Kier molecular flexibility index (Phi) is 9.18. The lowest BCUT2D eigenvalue weighted by Gasteiger charge is -2.23. The molecule has 9 nitrogen and oxygen atoms in total. The second-order valence-corrected chi connectivity index (χ2v) is 13.2. The van der Waals surface area contributed by atoms with E-state index in [4.69, 9.17) is 4.74 Å². The molecular formula is C34H32FN5O4S2. The van der Waals surface area contributed by atoms with Gasteiger partial charge in [0.1, 0.15) is 22.9 Å². The molecule has 1 amide bonds. The Morgan fingerprint density at radius 1 is 1.07 bits per heavy atom. The third-order valence-corrected chi connectivity index (χ3v) is 9.95. The second-order valence-electron chi connectivity index (χ2n) is 11.0. The summed E-state index contributed by atoms with van der Waals surface area (Å²) < 4.78 is 21.8. The zero-order valence-corrected chi connectivity index (χ0v) is 27.2. The topological polar surface area (TPSA) is 110 Å². The van der Waals surface area contributed by atoms with E-state index in [1.165, 1.54) is 28.8 Å². The predicted molar refractivity (Wildman–Crippen MR) is 177 cm³/mol. The molecule has 46 heavy (non-hydrogen) atoms. The minimum absolute atomic E-state index is 0.0898. The van der Waals surface area contributed by atoms with Crippen LogP contribution in [0.1, 0.15) is 60.3 Å². The van der Waals surface area contributed by atoms with E-state index in [-0.39, 0.29) is 28.0 Å². The van der Waals surface area contributed by atoms with Crippen molar-refractivity contribution in [1.82, 2.24) is 19.6 Å². The van der Waals surface area contributed by atoms with Gasteiger partial charge in [0.25, 0.3) is 5.78 Å². The summed E-state index contributed by atoms with van der Waals surface area (Å²) in [4.78, 5) is 33.5. The van der Waals surface area contributed by atoms with Crippen LogP contribution in [0.25, 0.3) is 11.4 Å². The molecule has 1 saturated heterocycles. The van der Waals surface area contributed by atoms with E-state index in [1.54, 1.807) is 37.3 Å². The molecule has 0 spiro atoms. The quantitative estimate of drug-likeness (QED) is 0.0390. The van der Waals surface area contributed by atoms with E-state index in [0.717, 1.165) is 41.7 Å². The Labute approximate surface area is 273 Å². The van der Waals surface area contributed by atoms with Crippen molar-refractivity contribution in [2.45, 2.75) is 56.2 Å². The number of pyridine rings is 1. The molecule has 1 aliphatic heterocycles. The molecule has 6 rings (SSSR count). The van der Waals surface area contributed by atoms with Crippen molar-refractivity contribution in [3.63, 3.8) is 0 Å². The average molecular weight is 658 g/mol. The Morgan fingerprint density at radius 2 is 1.87 bits per heavy atom. The van der Waals surface area contributed by atoms with Gasteiger partial charge in [-0.05, 0) is 67.3 Å². The monoisotopic (exact) mass is 657 g/mol. The lowest BCUT2D eigenvalue weighted by Crippen LogP contribution is -2.29. The molecule has 0 saturated carbocycles. The number of hydrogen-bond acceptors (Lipinski definition) is 9. The smallest absolute Gasteiger partial charge is 0.301 e. The number of benzene rings is 2. The first-order chi connectivity index (χ1) is 22.3. The number of fused-ring (bicyclic) bond motifs is 1. The fraction of sp³-hybridized carbons (Fsp3) is 0.265. The maximum Gasteiger partial charge on any atom is 0.301 e. The summed E-state index contributed by atoms with van der Waals surface area (Å²) in [5, 5.41) is 20.6. The number of thioether (sulfide) groups is 1. The van der Waals surface area contributed by atoms with Gasteiger partial charge in [-0.2, -0.15) is 0 Å². The first kappa shape index (κ1) is 31.4. The minimum atomic E-state index is -1.01. The standard InChI is InChI=1S/C34H32FN5O4S2/c1-4-5-6-17-44-25-11-7-10-23(18-25)28-26(29(41)27-21(3)39-16-8-9-20(2)31(39)36-27)30(42)32(43)40(28)33-37-38-34(46-33)45-19-22-12-14-24(35)15-13-22/h7-16,18,28,41H,4-6,17,19H2,1-3H3. The number of Topliss-reactive ketones (excluding diaryl/α,β-unsaturated/α-hetero) is 1. The van der Waals surface area contributed by atoms with E-state index in [0.29, 0.717) is 39.4 Å². The van der Waals surface area contributed by atoms with Crippen LogP contribution in [0.5, 0.6) is 5.75 Å². The maximum atomic E-state index is 13.8. The van der Waals surface area contributed by atoms with Crippen molar-refractivity contribution in [1.29, 1.82) is 0 Å². The number of amides is 1. The summed E-state index contributed by atoms with van der Waals surface area (Å²) in [6.45, 7) is 6.37. The number of ether oxygens (including phenoxy) is 1. The minimum Gasteiger partial charge on any atom is -0.505 e. The molecule has 236 valence electrons. The molecular weight excluding hydrogens is 626 g/mol. The molecule has 1 fully saturated rings. The van der Waals surface area contributed by atoms with Gasteiger partial charge in [0.2, 0.25) is 5.13 Å². The number of aliphatic hydroxyl groups is 1. The summed E-state index contributed by atoms with van der Waals surface area (Å²) in [6, 6.07) is 16.2. The molecule has 0 bridgehead atoms. The molecule has 1 aliphatic rings. The molecule has 0 aliphatic carbocycles. The highest BCUT2D eigenvalue weighted by atomic mass is 32.2. The largest absolute Gasteiger partial charge is 0.505 e. The molecule has 2 aromatic carbocycles. The van der Waals surface area contributed by atoms with Crippen molar-refractivity contribution in [2.24, 2.45) is 0 Å². The Balaban J connectivity index is 1.41. The van der Waals surface area contributed by atoms with Gasteiger partial charge in [0.15, 0.2) is 10.1 Å². The van der Waals surface area contributed by atoms with Gasteiger partial charge in [0.05, 0.1) is 23.9 Å². The summed E-state index contributed by atoms with van der Waals surface area (Å²) in [5.74, 6) is -1.25. The van der Waals surface area contributed by atoms with E-state index in [1.807, 2.05) is 35.7 Å². The Bertz CT molecular complexity index is 1950. The van der Waals surface area contributed by atoms with Crippen LogP contribution in [0, 0.1) is 19.7 Å². The number of unbranched alkanes of at least 4 members (excludes halogenated alkanes) is 2. The molecule has 3 aromatic heterocycles. The van der Waals surface area contributed by atoms with Crippen LogP contribution in [-0.2, 0) is 15.3 Å². The van der Waals surface area contributed by atoms with Gasteiger partial charge in [-0.3, -0.25) is 14.5 Å². The number of carbonyl (C=O) groups excluding carboxylic acids is 2. The number of halogens is 1. The van der Waals surface area contributed by atoms with E-state index in [9.17, 15) is 19.1 Å². The lowest BCUT2D eigenvalue weighted by atomic mass is 9.96. The number of imidazole rings is 1.